The number of aryl methyl sites for hydroxylation is 1. The second-order valence-electron chi connectivity index (χ2n) is 4.28. The van der Waals surface area contributed by atoms with Crippen molar-refractivity contribution in [2.24, 2.45) is 0 Å². The third-order valence-electron chi connectivity index (χ3n) is 2.67. The van der Waals surface area contributed by atoms with Crippen LogP contribution in [-0.2, 0) is 10.0 Å². The van der Waals surface area contributed by atoms with Crippen molar-refractivity contribution in [2.75, 3.05) is 19.8 Å². The van der Waals surface area contributed by atoms with Crippen molar-refractivity contribution >= 4 is 15.8 Å². The summed E-state index contributed by atoms with van der Waals surface area (Å²) in [4.78, 5) is 4.23. The Morgan fingerprint density at radius 1 is 1.32 bits per heavy atom. The van der Waals surface area contributed by atoms with E-state index in [9.17, 15) is 8.42 Å². The van der Waals surface area contributed by atoms with E-state index in [1.54, 1.807) is 12.3 Å². The lowest BCUT2D eigenvalue weighted by atomic mass is 10.4. The van der Waals surface area contributed by atoms with Crippen LogP contribution in [0.4, 0.5) is 5.82 Å². The summed E-state index contributed by atoms with van der Waals surface area (Å²) >= 11 is 0. The number of hydrogen-bond donors (Lipinski definition) is 1. The van der Waals surface area contributed by atoms with E-state index in [1.165, 1.54) is 31.0 Å². The number of anilines is 1. The van der Waals surface area contributed by atoms with Crippen LogP contribution in [0.5, 0.6) is 0 Å². The van der Waals surface area contributed by atoms with Crippen LogP contribution in [0.15, 0.2) is 29.4 Å². The van der Waals surface area contributed by atoms with Gasteiger partial charge < -0.3 is 5.73 Å². The topological polar surface area (TPSA) is 94.1 Å². The van der Waals surface area contributed by atoms with Crippen molar-refractivity contribution in [1.82, 2.24) is 19.1 Å². The Morgan fingerprint density at radius 2 is 2.00 bits per heavy atom. The van der Waals surface area contributed by atoms with Gasteiger partial charge in [-0.05, 0) is 19.1 Å². The molecule has 0 amide bonds. The van der Waals surface area contributed by atoms with Crippen LogP contribution in [0, 0.1) is 6.92 Å². The molecular weight excluding hydrogens is 266 g/mol. The van der Waals surface area contributed by atoms with Gasteiger partial charge in [-0.1, -0.05) is 0 Å². The van der Waals surface area contributed by atoms with Gasteiger partial charge >= 0.3 is 0 Å². The van der Waals surface area contributed by atoms with Gasteiger partial charge in [-0.25, -0.2) is 22.4 Å². The summed E-state index contributed by atoms with van der Waals surface area (Å²) in [6.45, 7) is 1.84. The van der Waals surface area contributed by atoms with E-state index in [0.717, 1.165) is 9.87 Å². The zero-order valence-corrected chi connectivity index (χ0v) is 11.7. The molecule has 0 unspecified atom stereocenters. The standard InChI is InChI=1S/C11H15N5O2S/c1-8-7-16(14-11(8)12)10-5-4-9(6-13-10)19(17,18)15(2)3/h4-7H,1-3H3,(H2,12,14). The van der Waals surface area contributed by atoms with Gasteiger partial charge in [0.25, 0.3) is 0 Å². The average molecular weight is 281 g/mol. The van der Waals surface area contributed by atoms with Gasteiger partial charge in [-0.2, -0.15) is 0 Å². The van der Waals surface area contributed by atoms with Gasteiger partial charge in [0.05, 0.1) is 0 Å². The number of rotatable bonds is 3. The molecule has 8 heteroatoms. The zero-order chi connectivity index (χ0) is 14.2. The van der Waals surface area contributed by atoms with E-state index in [2.05, 4.69) is 10.1 Å². The van der Waals surface area contributed by atoms with Crippen LogP contribution in [-0.4, -0.2) is 41.6 Å². The Labute approximate surface area is 111 Å². The molecule has 0 aliphatic carbocycles. The van der Waals surface area contributed by atoms with E-state index in [-0.39, 0.29) is 4.90 Å². The molecule has 2 N–H and O–H groups in total. The van der Waals surface area contributed by atoms with Gasteiger partial charge in [-0.15, -0.1) is 5.10 Å². The molecule has 0 saturated carbocycles. The summed E-state index contributed by atoms with van der Waals surface area (Å²) in [5.41, 5.74) is 6.49. The molecule has 0 saturated heterocycles. The Morgan fingerprint density at radius 3 is 2.42 bits per heavy atom. The number of nitrogens with zero attached hydrogens (tertiary/aromatic N) is 4. The Bertz CT molecular complexity index is 669. The first-order valence-electron chi connectivity index (χ1n) is 5.53. The summed E-state index contributed by atoms with van der Waals surface area (Å²) in [5, 5.41) is 4.08. The second kappa shape index (κ2) is 4.63. The number of aromatic nitrogens is 3. The van der Waals surface area contributed by atoms with E-state index >= 15 is 0 Å². The number of hydrogen-bond acceptors (Lipinski definition) is 5. The van der Waals surface area contributed by atoms with E-state index < -0.39 is 10.0 Å². The minimum atomic E-state index is -3.46. The van der Waals surface area contributed by atoms with Gasteiger partial charge in [0.15, 0.2) is 5.82 Å². The maximum Gasteiger partial charge on any atom is 0.244 e. The maximum absolute atomic E-state index is 11.9. The van der Waals surface area contributed by atoms with Crippen molar-refractivity contribution in [3.8, 4) is 5.82 Å². The average Bonchev–Trinajstić information content (AvgIpc) is 2.69. The first kappa shape index (κ1) is 13.5. The molecule has 102 valence electrons. The van der Waals surface area contributed by atoms with Crippen molar-refractivity contribution in [3.05, 3.63) is 30.1 Å². The van der Waals surface area contributed by atoms with Crippen molar-refractivity contribution in [3.63, 3.8) is 0 Å². The predicted octanol–water partition coefficient (Wildman–Crippen LogP) is 0.408. The lowest BCUT2D eigenvalue weighted by Crippen LogP contribution is -2.22. The molecule has 7 nitrogen and oxygen atoms in total. The first-order chi connectivity index (χ1) is 8.82. The zero-order valence-electron chi connectivity index (χ0n) is 10.9. The highest BCUT2D eigenvalue weighted by atomic mass is 32.2. The molecule has 0 radical (unpaired) electrons. The van der Waals surface area contributed by atoms with E-state index in [0.29, 0.717) is 11.6 Å². The van der Waals surface area contributed by atoms with Gasteiger partial charge in [-0.3, -0.25) is 0 Å². The summed E-state index contributed by atoms with van der Waals surface area (Å²) in [6, 6.07) is 3.08. The molecule has 2 aromatic heterocycles. The van der Waals surface area contributed by atoms with Crippen LogP contribution in [0.2, 0.25) is 0 Å². The van der Waals surface area contributed by atoms with Crippen molar-refractivity contribution in [1.29, 1.82) is 0 Å². The Hall–Kier alpha value is -1.93. The highest BCUT2D eigenvalue weighted by molar-refractivity contribution is 7.89. The smallest absolute Gasteiger partial charge is 0.244 e. The lowest BCUT2D eigenvalue weighted by Gasteiger charge is -2.11. The fourth-order valence-electron chi connectivity index (χ4n) is 1.46. The molecule has 2 heterocycles. The molecule has 0 fully saturated rings. The fraction of sp³-hybridized carbons (Fsp3) is 0.273. The van der Waals surface area contributed by atoms with Crippen molar-refractivity contribution in [2.45, 2.75) is 11.8 Å². The van der Waals surface area contributed by atoms with Crippen LogP contribution >= 0.6 is 0 Å². The van der Waals surface area contributed by atoms with Gasteiger partial charge in [0.1, 0.15) is 10.7 Å². The maximum atomic E-state index is 11.9. The number of sulfonamides is 1. The first-order valence-corrected chi connectivity index (χ1v) is 6.97. The summed E-state index contributed by atoms with van der Waals surface area (Å²) < 4.78 is 26.4. The highest BCUT2D eigenvalue weighted by Crippen LogP contribution is 2.15. The molecule has 0 aliphatic heterocycles. The molecule has 0 bridgehead atoms. The monoisotopic (exact) mass is 281 g/mol. The largest absolute Gasteiger partial charge is 0.382 e. The van der Waals surface area contributed by atoms with E-state index in [4.69, 9.17) is 5.73 Å². The number of nitrogens with two attached hydrogens (primary N) is 1. The number of nitrogen functional groups attached to an aromatic ring is 1. The molecule has 0 spiro atoms. The highest BCUT2D eigenvalue weighted by Gasteiger charge is 2.17. The van der Waals surface area contributed by atoms with Crippen LogP contribution in [0.25, 0.3) is 5.82 Å². The van der Waals surface area contributed by atoms with Crippen LogP contribution < -0.4 is 5.73 Å². The molecule has 0 aliphatic rings. The van der Waals surface area contributed by atoms with Gasteiger partial charge in [0.2, 0.25) is 10.0 Å². The van der Waals surface area contributed by atoms with Crippen molar-refractivity contribution < 1.29 is 8.42 Å². The number of pyridine rings is 1. The predicted molar refractivity (Wildman–Crippen MR) is 71.4 cm³/mol. The fourth-order valence-corrected chi connectivity index (χ4v) is 2.31. The molecule has 0 atom stereocenters. The molecule has 2 rings (SSSR count). The molecule has 19 heavy (non-hydrogen) atoms. The summed E-state index contributed by atoms with van der Waals surface area (Å²) in [7, 11) is -0.516. The molecule has 0 aromatic carbocycles. The lowest BCUT2D eigenvalue weighted by molar-refractivity contribution is 0.520. The third-order valence-corrected chi connectivity index (χ3v) is 4.47. The second-order valence-corrected chi connectivity index (χ2v) is 6.43. The summed E-state index contributed by atoms with van der Waals surface area (Å²) in [6.07, 6.45) is 3.04. The Balaban J connectivity index is 2.39. The van der Waals surface area contributed by atoms with E-state index in [1.807, 2.05) is 6.92 Å². The minimum absolute atomic E-state index is 0.137. The van der Waals surface area contributed by atoms with Crippen LogP contribution in [0.1, 0.15) is 5.56 Å². The normalized spacial score (nSPS) is 12.0. The van der Waals surface area contributed by atoms with Gasteiger partial charge in [0, 0.05) is 32.1 Å². The summed E-state index contributed by atoms with van der Waals surface area (Å²) in [5.74, 6) is 0.935. The molecular formula is C11H15N5O2S. The quantitative estimate of drug-likeness (QED) is 0.879. The molecule has 2 aromatic rings. The minimum Gasteiger partial charge on any atom is -0.382 e. The SMILES string of the molecule is Cc1cn(-c2ccc(S(=O)(=O)N(C)C)cn2)nc1N. The van der Waals surface area contributed by atoms with Crippen LogP contribution in [0.3, 0.4) is 0 Å². The Kier molecular flexibility index (Phi) is 3.29. The third kappa shape index (κ3) is 2.45.